The van der Waals surface area contributed by atoms with Gasteiger partial charge in [0.05, 0.1) is 12.7 Å². The van der Waals surface area contributed by atoms with E-state index >= 15 is 0 Å². The van der Waals surface area contributed by atoms with Crippen molar-refractivity contribution in [2.24, 2.45) is 0 Å². The molecule has 4 nitrogen and oxygen atoms in total. The molecule has 2 rings (SSSR count). The van der Waals surface area contributed by atoms with Crippen molar-refractivity contribution in [1.29, 1.82) is 0 Å². The Kier molecular flexibility index (Phi) is 4.97. The lowest BCUT2D eigenvalue weighted by Gasteiger charge is -2.36. The smallest absolute Gasteiger partial charge is 0.182 e. The fourth-order valence-corrected chi connectivity index (χ4v) is 2.95. The number of rotatable bonds is 5. The Morgan fingerprint density at radius 3 is 3.17 bits per heavy atom. The summed E-state index contributed by atoms with van der Waals surface area (Å²) >= 11 is 1.77. The molecule has 18 heavy (non-hydrogen) atoms. The Balaban J connectivity index is 1.89. The maximum absolute atomic E-state index is 5.65. The zero-order valence-corrected chi connectivity index (χ0v) is 12.3. The van der Waals surface area contributed by atoms with Crippen molar-refractivity contribution in [3.63, 3.8) is 0 Å². The predicted octanol–water partition coefficient (Wildman–Crippen LogP) is 2.57. The molecule has 1 fully saturated rings. The Labute approximate surface area is 113 Å². The first-order valence-corrected chi connectivity index (χ1v) is 7.55. The van der Waals surface area contributed by atoms with E-state index in [2.05, 4.69) is 36.0 Å². The Bertz CT molecular complexity index is 369. The van der Waals surface area contributed by atoms with Crippen LogP contribution in [0.2, 0.25) is 0 Å². The van der Waals surface area contributed by atoms with E-state index in [9.17, 15) is 0 Å². The summed E-state index contributed by atoms with van der Waals surface area (Å²) < 4.78 is 5.65. The van der Waals surface area contributed by atoms with Crippen LogP contribution in [0.4, 0.5) is 5.13 Å². The zero-order valence-electron chi connectivity index (χ0n) is 11.5. The lowest BCUT2D eigenvalue weighted by atomic mass is 10.2. The number of aromatic nitrogens is 1. The number of hydrogen-bond donors (Lipinski definition) is 1. The maximum atomic E-state index is 5.65. The lowest BCUT2D eigenvalue weighted by molar-refractivity contribution is -0.0523. The molecule has 1 aromatic rings. The third-order valence-electron chi connectivity index (χ3n) is 3.18. The van der Waals surface area contributed by atoms with Crippen molar-refractivity contribution in [3.8, 4) is 0 Å². The van der Waals surface area contributed by atoms with Gasteiger partial charge >= 0.3 is 0 Å². The van der Waals surface area contributed by atoms with Crippen LogP contribution in [0.3, 0.4) is 0 Å². The molecular formula is C13H23N3OS. The lowest BCUT2D eigenvalue weighted by Crippen LogP contribution is -2.46. The normalized spacial score (nSPS) is 25.3. The van der Waals surface area contributed by atoms with E-state index < -0.39 is 0 Å². The van der Waals surface area contributed by atoms with Crippen LogP contribution in [-0.2, 0) is 11.3 Å². The molecule has 5 heteroatoms. The van der Waals surface area contributed by atoms with E-state index in [0.717, 1.165) is 37.8 Å². The summed E-state index contributed by atoms with van der Waals surface area (Å²) in [5.41, 5.74) is 0. The highest BCUT2D eigenvalue weighted by atomic mass is 32.1. The second-order valence-corrected chi connectivity index (χ2v) is 6.10. The summed E-state index contributed by atoms with van der Waals surface area (Å²) in [5, 5.41) is 4.38. The molecule has 0 saturated carbocycles. The van der Waals surface area contributed by atoms with Crippen LogP contribution in [0.15, 0.2) is 6.20 Å². The van der Waals surface area contributed by atoms with Gasteiger partial charge in [-0.3, -0.25) is 4.90 Å². The molecule has 102 valence electrons. The third kappa shape index (κ3) is 3.67. The van der Waals surface area contributed by atoms with Gasteiger partial charge in [0.1, 0.15) is 0 Å². The van der Waals surface area contributed by atoms with Crippen LogP contribution in [0.1, 0.15) is 32.1 Å². The minimum Gasteiger partial charge on any atom is -0.376 e. The van der Waals surface area contributed by atoms with Crippen molar-refractivity contribution < 1.29 is 4.74 Å². The standard InChI is InChI=1S/C13H23N3OS/c1-4-5-14-13-15-6-12(18-13)8-16-7-11(3)17-9-10(16)2/h6,10-11H,4-5,7-9H2,1-3H3,(H,14,15). The van der Waals surface area contributed by atoms with Crippen molar-refractivity contribution >= 4 is 16.5 Å². The number of ether oxygens (including phenoxy) is 1. The molecule has 2 heterocycles. The molecule has 1 aliphatic rings. The Morgan fingerprint density at radius 2 is 2.39 bits per heavy atom. The van der Waals surface area contributed by atoms with Crippen LogP contribution >= 0.6 is 11.3 Å². The quantitative estimate of drug-likeness (QED) is 0.891. The minimum atomic E-state index is 0.340. The highest BCUT2D eigenvalue weighted by molar-refractivity contribution is 7.15. The second-order valence-electron chi connectivity index (χ2n) is 4.98. The number of anilines is 1. The Hall–Kier alpha value is -0.650. The predicted molar refractivity (Wildman–Crippen MR) is 76.2 cm³/mol. The van der Waals surface area contributed by atoms with Crippen LogP contribution in [0.25, 0.3) is 0 Å². The molecule has 2 unspecified atom stereocenters. The highest BCUT2D eigenvalue weighted by Gasteiger charge is 2.23. The van der Waals surface area contributed by atoms with Crippen LogP contribution in [-0.4, -0.2) is 41.7 Å². The van der Waals surface area contributed by atoms with Crippen molar-refractivity contribution in [2.45, 2.75) is 45.9 Å². The van der Waals surface area contributed by atoms with Gasteiger partial charge in [0.2, 0.25) is 0 Å². The van der Waals surface area contributed by atoms with Gasteiger partial charge in [-0.1, -0.05) is 6.92 Å². The van der Waals surface area contributed by atoms with Crippen LogP contribution in [0.5, 0.6) is 0 Å². The molecule has 0 spiro atoms. The van der Waals surface area contributed by atoms with Gasteiger partial charge < -0.3 is 10.1 Å². The molecule has 1 aliphatic heterocycles. The topological polar surface area (TPSA) is 37.4 Å². The monoisotopic (exact) mass is 269 g/mol. The van der Waals surface area contributed by atoms with Gasteiger partial charge in [-0.15, -0.1) is 11.3 Å². The summed E-state index contributed by atoms with van der Waals surface area (Å²) in [6, 6.07) is 0.496. The van der Waals surface area contributed by atoms with E-state index in [1.54, 1.807) is 11.3 Å². The number of morpholine rings is 1. The molecule has 1 N–H and O–H groups in total. The van der Waals surface area contributed by atoms with Crippen LogP contribution in [0, 0.1) is 0 Å². The number of nitrogens with one attached hydrogen (secondary N) is 1. The first-order valence-electron chi connectivity index (χ1n) is 6.73. The number of hydrogen-bond acceptors (Lipinski definition) is 5. The summed E-state index contributed by atoms with van der Waals surface area (Å²) in [6.07, 6.45) is 3.47. The summed E-state index contributed by atoms with van der Waals surface area (Å²) in [6.45, 7) is 10.4. The number of thiazole rings is 1. The highest BCUT2D eigenvalue weighted by Crippen LogP contribution is 2.22. The first-order chi connectivity index (χ1) is 8.69. The summed E-state index contributed by atoms with van der Waals surface area (Å²) in [5.74, 6) is 0. The van der Waals surface area contributed by atoms with Crippen molar-refractivity contribution in [3.05, 3.63) is 11.1 Å². The van der Waals surface area contributed by atoms with Gasteiger partial charge in [0, 0.05) is 36.8 Å². The zero-order chi connectivity index (χ0) is 13.0. The van der Waals surface area contributed by atoms with E-state index in [-0.39, 0.29) is 0 Å². The van der Waals surface area contributed by atoms with Crippen molar-refractivity contribution in [1.82, 2.24) is 9.88 Å². The van der Waals surface area contributed by atoms with Gasteiger partial charge in [0.15, 0.2) is 5.13 Å². The molecule has 1 saturated heterocycles. The Morgan fingerprint density at radius 1 is 1.56 bits per heavy atom. The SMILES string of the molecule is CCCNc1ncc(CN2CC(C)OCC2C)s1. The van der Waals surface area contributed by atoms with Gasteiger partial charge in [-0.05, 0) is 20.3 Å². The van der Waals surface area contributed by atoms with E-state index in [1.807, 2.05) is 6.20 Å². The molecule has 0 aromatic carbocycles. The first kappa shape index (κ1) is 13.8. The van der Waals surface area contributed by atoms with Gasteiger partial charge in [-0.2, -0.15) is 0 Å². The fraction of sp³-hybridized carbons (Fsp3) is 0.769. The largest absolute Gasteiger partial charge is 0.376 e. The summed E-state index contributed by atoms with van der Waals surface area (Å²) in [7, 11) is 0. The molecule has 0 amide bonds. The molecule has 1 aromatic heterocycles. The number of nitrogens with zero attached hydrogens (tertiary/aromatic N) is 2. The molecule has 0 aliphatic carbocycles. The summed E-state index contributed by atoms with van der Waals surface area (Å²) in [4.78, 5) is 8.22. The van der Waals surface area contributed by atoms with E-state index in [0.29, 0.717) is 12.1 Å². The average molecular weight is 269 g/mol. The van der Waals surface area contributed by atoms with Gasteiger partial charge in [0.25, 0.3) is 0 Å². The van der Waals surface area contributed by atoms with Crippen molar-refractivity contribution in [2.75, 3.05) is 25.0 Å². The maximum Gasteiger partial charge on any atom is 0.182 e. The molecule has 0 radical (unpaired) electrons. The fourth-order valence-electron chi connectivity index (χ4n) is 2.09. The second kappa shape index (κ2) is 6.50. The van der Waals surface area contributed by atoms with E-state index in [1.165, 1.54) is 4.88 Å². The van der Waals surface area contributed by atoms with Crippen LogP contribution < -0.4 is 5.32 Å². The van der Waals surface area contributed by atoms with E-state index in [4.69, 9.17) is 4.74 Å². The molecule has 2 atom stereocenters. The molecular weight excluding hydrogens is 246 g/mol. The third-order valence-corrected chi connectivity index (χ3v) is 4.12. The van der Waals surface area contributed by atoms with Gasteiger partial charge in [-0.25, -0.2) is 4.98 Å². The molecule has 0 bridgehead atoms. The minimum absolute atomic E-state index is 0.340. The average Bonchev–Trinajstić information content (AvgIpc) is 2.79.